The summed E-state index contributed by atoms with van der Waals surface area (Å²) in [6, 6.07) is -2.78. The molecule has 3 atom stereocenters. The van der Waals surface area contributed by atoms with Crippen LogP contribution in [-0.2, 0) is 19.2 Å². The lowest BCUT2D eigenvalue weighted by molar-refractivity contribution is -0.142. The summed E-state index contributed by atoms with van der Waals surface area (Å²) >= 11 is 2.98. The first kappa shape index (κ1) is 28.5. The summed E-state index contributed by atoms with van der Waals surface area (Å²) in [4.78, 5) is 48.6. The Kier molecular flexibility index (Phi) is 16.3. The normalized spacial score (nSPS) is 13.7. The van der Waals surface area contributed by atoms with Gasteiger partial charge in [-0.1, -0.05) is 0 Å². The van der Waals surface area contributed by atoms with Crippen molar-refractivity contribution in [1.29, 1.82) is 0 Å². The topological polar surface area (TPSA) is 177 Å². The smallest absolute Gasteiger partial charge is 0.326 e. The Morgan fingerprint density at radius 3 is 1.77 bits per heavy atom. The van der Waals surface area contributed by atoms with Gasteiger partial charge in [0.05, 0.1) is 6.54 Å². The summed E-state index contributed by atoms with van der Waals surface area (Å²) in [7, 11) is 0. The van der Waals surface area contributed by atoms with E-state index in [1.54, 1.807) is 0 Å². The van der Waals surface area contributed by atoms with Crippen LogP contribution < -0.4 is 27.4 Å². The highest BCUT2D eigenvalue weighted by atomic mass is 32.2. The average Bonchev–Trinajstić information content (AvgIpc) is 2.72. The highest BCUT2D eigenvalue weighted by Gasteiger charge is 2.29. The lowest BCUT2D eigenvalue weighted by atomic mass is 10.1. The maximum absolute atomic E-state index is 12.8. The van der Waals surface area contributed by atoms with Crippen LogP contribution in [0.15, 0.2) is 0 Å². The Morgan fingerprint density at radius 2 is 1.30 bits per heavy atom. The van der Waals surface area contributed by atoms with Gasteiger partial charge in [-0.3, -0.25) is 14.4 Å². The van der Waals surface area contributed by atoms with E-state index < -0.39 is 41.8 Å². The second-order valence-corrected chi connectivity index (χ2v) is 8.60. The van der Waals surface area contributed by atoms with Crippen LogP contribution in [0.4, 0.5) is 0 Å². The van der Waals surface area contributed by atoms with Gasteiger partial charge in [-0.15, -0.1) is 0 Å². The minimum Gasteiger partial charge on any atom is -0.480 e. The largest absolute Gasteiger partial charge is 0.480 e. The van der Waals surface area contributed by atoms with Crippen LogP contribution >= 0.6 is 23.5 Å². The number of nitrogens with two attached hydrogens (primary N) is 2. The Balaban J connectivity index is 5.21. The monoisotopic (exact) mass is 465 g/mol. The molecule has 12 heteroatoms. The van der Waals surface area contributed by atoms with Crippen molar-refractivity contribution < 1.29 is 24.3 Å². The van der Waals surface area contributed by atoms with E-state index in [9.17, 15) is 24.3 Å². The predicted molar refractivity (Wildman–Crippen MR) is 121 cm³/mol. The third-order valence-corrected chi connectivity index (χ3v) is 5.54. The summed E-state index contributed by atoms with van der Waals surface area (Å²) in [5.74, 6) is -1.50. The first-order valence-corrected chi connectivity index (χ1v) is 12.6. The molecule has 0 fully saturated rings. The van der Waals surface area contributed by atoms with E-state index in [4.69, 9.17) is 11.5 Å². The molecule has 3 unspecified atom stereocenters. The molecule has 0 aromatic carbocycles. The molecule has 10 nitrogen and oxygen atoms in total. The van der Waals surface area contributed by atoms with Gasteiger partial charge >= 0.3 is 5.97 Å². The van der Waals surface area contributed by atoms with Gasteiger partial charge in [0, 0.05) is 0 Å². The predicted octanol–water partition coefficient (Wildman–Crippen LogP) is -0.881. The number of thioether (sulfide) groups is 2. The van der Waals surface area contributed by atoms with Gasteiger partial charge in [-0.25, -0.2) is 4.79 Å². The van der Waals surface area contributed by atoms with E-state index in [1.165, 1.54) is 23.5 Å². The van der Waals surface area contributed by atoms with Crippen molar-refractivity contribution >= 4 is 47.2 Å². The van der Waals surface area contributed by atoms with Crippen LogP contribution in [0.2, 0.25) is 0 Å². The van der Waals surface area contributed by atoms with E-state index in [2.05, 4.69) is 16.0 Å². The van der Waals surface area contributed by atoms with E-state index in [0.29, 0.717) is 43.7 Å². The van der Waals surface area contributed by atoms with Crippen LogP contribution in [0.5, 0.6) is 0 Å². The molecule has 0 aromatic heterocycles. The summed E-state index contributed by atoms with van der Waals surface area (Å²) < 4.78 is 0. The van der Waals surface area contributed by atoms with Crippen LogP contribution in [0, 0.1) is 0 Å². The van der Waals surface area contributed by atoms with E-state index in [1.807, 2.05) is 12.5 Å². The zero-order valence-electron chi connectivity index (χ0n) is 17.6. The van der Waals surface area contributed by atoms with Crippen molar-refractivity contribution in [3.05, 3.63) is 0 Å². The molecular weight excluding hydrogens is 430 g/mol. The van der Waals surface area contributed by atoms with Gasteiger partial charge in [0.15, 0.2) is 0 Å². The molecule has 0 aliphatic heterocycles. The molecule has 0 bridgehead atoms. The summed E-state index contributed by atoms with van der Waals surface area (Å²) in [6.07, 6.45) is 5.99. The Bertz CT molecular complexity index is 553. The minimum atomic E-state index is -1.12. The van der Waals surface area contributed by atoms with Gasteiger partial charge in [-0.2, -0.15) is 23.5 Å². The molecular formula is C18H35N5O5S2. The molecule has 174 valence electrons. The summed E-state index contributed by atoms with van der Waals surface area (Å²) in [6.45, 7) is 0.206. The second-order valence-electron chi connectivity index (χ2n) is 6.63. The summed E-state index contributed by atoms with van der Waals surface area (Å²) in [5.41, 5.74) is 10.8. The number of nitrogens with one attached hydrogen (secondary N) is 3. The number of carboxylic acids is 1. The van der Waals surface area contributed by atoms with Crippen molar-refractivity contribution in [3.8, 4) is 0 Å². The molecule has 8 N–H and O–H groups in total. The molecule has 0 aromatic rings. The quantitative estimate of drug-likeness (QED) is 0.149. The van der Waals surface area contributed by atoms with Gasteiger partial charge in [0.2, 0.25) is 17.7 Å². The highest BCUT2D eigenvalue weighted by molar-refractivity contribution is 7.98. The standard InChI is InChI=1S/C18H35N5O5S2/c1-29-9-6-13(17(26)23-14(18(27)28)7-10-30-2)22-16(25)12(5-3-4-8-19)21-15(24)11-20/h12-14H,3-11,19-20H2,1-2H3,(H,21,24)(H,22,25)(H,23,26)(H,27,28). The molecule has 3 amide bonds. The van der Waals surface area contributed by atoms with Crippen molar-refractivity contribution in [2.24, 2.45) is 11.5 Å². The van der Waals surface area contributed by atoms with E-state index in [0.717, 1.165) is 0 Å². The first-order valence-electron chi connectivity index (χ1n) is 9.81. The van der Waals surface area contributed by atoms with Crippen molar-refractivity contribution in [3.63, 3.8) is 0 Å². The van der Waals surface area contributed by atoms with Crippen molar-refractivity contribution in [2.75, 3.05) is 37.1 Å². The van der Waals surface area contributed by atoms with E-state index in [-0.39, 0.29) is 13.0 Å². The number of hydrogen-bond donors (Lipinski definition) is 6. The Morgan fingerprint density at radius 1 is 0.800 bits per heavy atom. The first-order chi connectivity index (χ1) is 14.3. The van der Waals surface area contributed by atoms with Crippen LogP contribution in [0.1, 0.15) is 32.1 Å². The van der Waals surface area contributed by atoms with Gasteiger partial charge in [-0.05, 0) is 62.7 Å². The second kappa shape index (κ2) is 17.2. The number of carbonyl (C=O) groups is 4. The molecule has 0 aliphatic rings. The van der Waals surface area contributed by atoms with Gasteiger partial charge in [0.1, 0.15) is 18.1 Å². The molecule has 0 spiro atoms. The van der Waals surface area contributed by atoms with Crippen molar-refractivity contribution in [1.82, 2.24) is 16.0 Å². The average molecular weight is 466 g/mol. The van der Waals surface area contributed by atoms with Crippen molar-refractivity contribution in [2.45, 2.75) is 50.2 Å². The lowest BCUT2D eigenvalue weighted by Gasteiger charge is -2.24. The number of rotatable bonds is 17. The molecule has 0 saturated heterocycles. The molecule has 30 heavy (non-hydrogen) atoms. The van der Waals surface area contributed by atoms with Crippen LogP contribution in [0.3, 0.4) is 0 Å². The number of amides is 3. The third-order valence-electron chi connectivity index (χ3n) is 4.25. The zero-order chi connectivity index (χ0) is 22.9. The van der Waals surface area contributed by atoms with Gasteiger partial charge < -0.3 is 32.5 Å². The number of carbonyl (C=O) groups excluding carboxylic acids is 3. The summed E-state index contributed by atoms with van der Waals surface area (Å²) in [5, 5.41) is 17.1. The number of carboxylic acid groups (broad SMARTS) is 1. The molecule has 0 aliphatic carbocycles. The van der Waals surface area contributed by atoms with Crippen LogP contribution in [-0.4, -0.2) is 84.0 Å². The maximum atomic E-state index is 12.8. The molecule has 0 heterocycles. The lowest BCUT2D eigenvalue weighted by Crippen LogP contribution is -2.56. The highest BCUT2D eigenvalue weighted by Crippen LogP contribution is 2.07. The van der Waals surface area contributed by atoms with Crippen LogP contribution in [0.25, 0.3) is 0 Å². The SMILES string of the molecule is CSCCC(NC(=O)C(CCSC)NC(=O)C(CCCCN)NC(=O)CN)C(=O)O. The fraction of sp³-hybridized carbons (Fsp3) is 0.778. The number of hydrogen-bond acceptors (Lipinski definition) is 8. The molecule has 0 radical (unpaired) electrons. The molecule has 0 saturated carbocycles. The molecule has 0 rings (SSSR count). The maximum Gasteiger partial charge on any atom is 0.326 e. The third kappa shape index (κ3) is 12.3. The van der Waals surface area contributed by atoms with Gasteiger partial charge in [0.25, 0.3) is 0 Å². The fourth-order valence-electron chi connectivity index (χ4n) is 2.56. The fourth-order valence-corrected chi connectivity index (χ4v) is 3.50. The Hall–Kier alpha value is -1.50. The zero-order valence-corrected chi connectivity index (χ0v) is 19.3. The number of unbranched alkanes of at least 4 members (excludes halogenated alkanes) is 1. The van der Waals surface area contributed by atoms with E-state index >= 15 is 0 Å². The minimum absolute atomic E-state index is 0.257. The number of aliphatic carboxylic acids is 1. The Labute approximate surface area is 186 Å².